The second kappa shape index (κ2) is 9.90. The van der Waals surface area contributed by atoms with Crippen LogP contribution in [0.1, 0.15) is 58.9 Å². The normalized spacial score (nSPS) is 14.8. The van der Waals surface area contributed by atoms with Gasteiger partial charge in [0, 0.05) is 18.2 Å². The van der Waals surface area contributed by atoms with Gasteiger partial charge in [0.25, 0.3) is 0 Å². The number of amides is 3. The largest absolute Gasteiger partial charge is 0.345 e. The molecular weight excluding hydrogens is 366 g/mol. The molecule has 3 amide bonds. The number of carbonyl (C=O) groups excluding carboxylic acids is 3. The Bertz CT molecular complexity index is 735. The second-order valence-corrected chi connectivity index (χ2v) is 9.52. The molecule has 6 heteroatoms. The van der Waals surface area contributed by atoms with E-state index in [0.29, 0.717) is 12.1 Å². The van der Waals surface area contributed by atoms with Crippen LogP contribution in [0.3, 0.4) is 0 Å². The molecule has 1 aliphatic rings. The standard InChI is InChI=1S/C23H35N3O3/c1-16-7-6-8-18(11-16)25-20(27)14-24-21(28)15-26(19-9-10-19)22(29)12-17(2)13-23(3,4)5/h6-8,11,17,19H,9-10,12-15H2,1-5H3,(H,24,28)(H,25,27)/t17-/m1/s1. The molecule has 2 rings (SSSR count). The van der Waals surface area contributed by atoms with Crippen LogP contribution in [0.2, 0.25) is 0 Å². The van der Waals surface area contributed by atoms with E-state index in [0.717, 1.165) is 24.8 Å². The molecule has 160 valence electrons. The number of hydrogen-bond acceptors (Lipinski definition) is 3. The van der Waals surface area contributed by atoms with Crippen molar-refractivity contribution in [3.05, 3.63) is 29.8 Å². The SMILES string of the molecule is Cc1cccc(NC(=O)CNC(=O)CN(C(=O)C[C@@H](C)CC(C)(C)C)C2CC2)c1. The number of nitrogens with one attached hydrogen (secondary N) is 2. The van der Waals surface area contributed by atoms with Gasteiger partial charge in [-0.1, -0.05) is 39.8 Å². The minimum Gasteiger partial charge on any atom is -0.345 e. The maximum atomic E-state index is 12.7. The predicted octanol–water partition coefficient (Wildman–Crippen LogP) is 3.50. The minimum absolute atomic E-state index is 0.0173. The molecule has 0 aliphatic heterocycles. The summed E-state index contributed by atoms with van der Waals surface area (Å²) in [5.41, 5.74) is 1.92. The fourth-order valence-corrected chi connectivity index (χ4v) is 3.66. The predicted molar refractivity (Wildman–Crippen MR) is 115 cm³/mol. The molecule has 6 nitrogen and oxygen atoms in total. The van der Waals surface area contributed by atoms with Crippen molar-refractivity contribution in [1.82, 2.24) is 10.2 Å². The number of carbonyl (C=O) groups is 3. The van der Waals surface area contributed by atoms with E-state index in [4.69, 9.17) is 0 Å². The van der Waals surface area contributed by atoms with Gasteiger partial charge < -0.3 is 15.5 Å². The van der Waals surface area contributed by atoms with Crippen LogP contribution in [0.15, 0.2) is 24.3 Å². The summed E-state index contributed by atoms with van der Waals surface area (Å²) in [5, 5.41) is 5.39. The Morgan fingerprint density at radius 3 is 2.45 bits per heavy atom. The molecule has 1 saturated carbocycles. The van der Waals surface area contributed by atoms with Gasteiger partial charge in [0.05, 0.1) is 13.1 Å². The Kier molecular flexibility index (Phi) is 7.82. The first-order valence-corrected chi connectivity index (χ1v) is 10.5. The van der Waals surface area contributed by atoms with Crippen molar-refractivity contribution in [1.29, 1.82) is 0 Å². The fourth-order valence-electron chi connectivity index (χ4n) is 3.66. The molecule has 0 aromatic heterocycles. The zero-order chi connectivity index (χ0) is 21.6. The summed E-state index contributed by atoms with van der Waals surface area (Å²) in [4.78, 5) is 38.8. The Morgan fingerprint density at radius 1 is 1.17 bits per heavy atom. The zero-order valence-electron chi connectivity index (χ0n) is 18.4. The van der Waals surface area contributed by atoms with E-state index in [-0.39, 0.29) is 48.2 Å². The van der Waals surface area contributed by atoms with Crippen LogP contribution in [0.5, 0.6) is 0 Å². The highest BCUT2D eigenvalue weighted by Gasteiger charge is 2.34. The molecule has 1 aliphatic carbocycles. The Balaban J connectivity index is 1.80. The third-order valence-corrected chi connectivity index (χ3v) is 4.85. The lowest BCUT2D eigenvalue weighted by Crippen LogP contribution is -2.44. The Hall–Kier alpha value is -2.37. The topological polar surface area (TPSA) is 78.5 Å². The van der Waals surface area contributed by atoms with Crippen LogP contribution < -0.4 is 10.6 Å². The van der Waals surface area contributed by atoms with Crippen molar-refractivity contribution in [3.8, 4) is 0 Å². The highest BCUT2D eigenvalue weighted by molar-refractivity contribution is 5.95. The summed E-state index contributed by atoms with van der Waals surface area (Å²) >= 11 is 0. The van der Waals surface area contributed by atoms with Gasteiger partial charge in [0.1, 0.15) is 0 Å². The van der Waals surface area contributed by atoms with Crippen molar-refractivity contribution in [2.45, 2.75) is 66.3 Å². The number of nitrogens with zero attached hydrogens (tertiary/aromatic N) is 1. The smallest absolute Gasteiger partial charge is 0.243 e. The van der Waals surface area contributed by atoms with Gasteiger partial charge in [-0.3, -0.25) is 14.4 Å². The second-order valence-electron chi connectivity index (χ2n) is 9.52. The Morgan fingerprint density at radius 2 is 1.86 bits per heavy atom. The summed E-state index contributed by atoms with van der Waals surface area (Å²) in [6, 6.07) is 7.65. The molecule has 2 N–H and O–H groups in total. The lowest BCUT2D eigenvalue weighted by Gasteiger charge is -2.26. The molecule has 0 radical (unpaired) electrons. The van der Waals surface area contributed by atoms with Gasteiger partial charge in [-0.2, -0.15) is 0 Å². The maximum Gasteiger partial charge on any atom is 0.243 e. The summed E-state index contributed by atoms with van der Waals surface area (Å²) in [6.45, 7) is 10.4. The van der Waals surface area contributed by atoms with Gasteiger partial charge >= 0.3 is 0 Å². The zero-order valence-corrected chi connectivity index (χ0v) is 18.4. The summed E-state index contributed by atoms with van der Waals surface area (Å²) in [7, 11) is 0. The first kappa shape index (κ1) is 22.9. The average Bonchev–Trinajstić information content (AvgIpc) is 3.40. The van der Waals surface area contributed by atoms with E-state index in [1.54, 1.807) is 11.0 Å². The number of aryl methyl sites for hydroxylation is 1. The van der Waals surface area contributed by atoms with Crippen molar-refractivity contribution in [3.63, 3.8) is 0 Å². The number of hydrogen-bond donors (Lipinski definition) is 2. The maximum absolute atomic E-state index is 12.7. The van der Waals surface area contributed by atoms with Crippen molar-refractivity contribution in [2.24, 2.45) is 11.3 Å². The van der Waals surface area contributed by atoms with Crippen molar-refractivity contribution >= 4 is 23.4 Å². The van der Waals surface area contributed by atoms with Crippen LogP contribution in [0.4, 0.5) is 5.69 Å². The summed E-state index contributed by atoms with van der Waals surface area (Å²) < 4.78 is 0. The van der Waals surface area contributed by atoms with Gasteiger partial charge in [-0.25, -0.2) is 0 Å². The average molecular weight is 402 g/mol. The number of rotatable bonds is 9. The van der Waals surface area contributed by atoms with Crippen LogP contribution in [0, 0.1) is 18.3 Å². The quantitative estimate of drug-likeness (QED) is 0.665. The van der Waals surface area contributed by atoms with Crippen LogP contribution >= 0.6 is 0 Å². The molecule has 29 heavy (non-hydrogen) atoms. The third kappa shape index (κ3) is 8.67. The van der Waals surface area contributed by atoms with E-state index >= 15 is 0 Å². The minimum atomic E-state index is -0.298. The fraction of sp³-hybridized carbons (Fsp3) is 0.609. The molecule has 0 unspecified atom stereocenters. The van der Waals surface area contributed by atoms with Gasteiger partial charge in [-0.05, 0) is 55.2 Å². The molecule has 0 spiro atoms. The summed E-state index contributed by atoms with van der Waals surface area (Å²) in [6.07, 6.45) is 3.30. The first-order valence-electron chi connectivity index (χ1n) is 10.5. The van der Waals surface area contributed by atoms with Crippen LogP contribution in [-0.4, -0.2) is 41.8 Å². The lowest BCUT2D eigenvalue weighted by atomic mass is 9.84. The Labute approximate surface area is 174 Å². The first-order chi connectivity index (χ1) is 13.5. The van der Waals surface area contributed by atoms with Gasteiger partial charge in [0.2, 0.25) is 17.7 Å². The van der Waals surface area contributed by atoms with Gasteiger partial charge in [-0.15, -0.1) is 0 Å². The van der Waals surface area contributed by atoms with Crippen LogP contribution in [0.25, 0.3) is 0 Å². The number of anilines is 1. The van der Waals surface area contributed by atoms with Gasteiger partial charge in [0.15, 0.2) is 0 Å². The van der Waals surface area contributed by atoms with E-state index < -0.39 is 0 Å². The van der Waals surface area contributed by atoms with E-state index in [1.165, 1.54) is 0 Å². The third-order valence-electron chi connectivity index (χ3n) is 4.85. The molecule has 0 heterocycles. The highest BCUT2D eigenvalue weighted by Crippen LogP contribution is 2.30. The summed E-state index contributed by atoms with van der Waals surface area (Å²) in [5.74, 6) is -0.282. The van der Waals surface area contributed by atoms with Crippen LogP contribution in [-0.2, 0) is 14.4 Å². The molecule has 0 bridgehead atoms. The molecular formula is C23H35N3O3. The monoisotopic (exact) mass is 401 g/mol. The lowest BCUT2D eigenvalue weighted by molar-refractivity contribution is -0.137. The van der Waals surface area contributed by atoms with E-state index in [9.17, 15) is 14.4 Å². The van der Waals surface area contributed by atoms with Crippen molar-refractivity contribution < 1.29 is 14.4 Å². The highest BCUT2D eigenvalue weighted by atomic mass is 16.2. The molecule has 1 aromatic rings. The molecule has 1 aromatic carbocycles. The number of benzene rings is 1. The van der Waals surface area contributed by atoms with E-state index in [1.807, 2.05) is 25.1 Å². The molecule has 0 saturated heterocycles. The molecule has 1 fully saturated rings. The molecule has 1 atom stereocenters. The van der Waals surface area contributed by atoms with E-state index in [2.05, 4.69) is 38.3 Å². The van der Waals surface area contributed by atoms with Crippen molar-refractivity contribution in [2.75, 3.05) is 18.4 Å².